The van der Waals surface area contributed by atoms with E-state index < -0.39 is 9.84 Å². The van der Waals surface area contributed by atoms with E-state index in [1.165, 1.54) is 4.90 Å². The van der Waals surface area contributed by atoms with E-state index in [0.29, 0.717) is 32.5 Å². The van der Waals surface area contributed by atoms with Crippen molar-refractivity contribution in [1.82, 2.24) is 4.90 Å². The number of amides is 2. The number of nitrogens with zero attached hydrogens (tertiary/aromatic N) is 1. The topological polar surface area (TPSA) is 76.0 Å². The number of fused-ring (bicyclic) bond motifs is 1. The second-order valence-corrected chi connectivity index (χ2v) is 8.76. The van der Waals surface area contributed by atoms with Gasteiger partial charge in [0, 0.05) is 6.42 Å². The van der Waals surface area contributed by atoms with Gasteiger partial charge in [-0.1, -0.05) is 12.2 Å². The minimum absolute atomic E-state index is 0.00338. The molecule has 3 aliphatic rings. The van der Waals surface area contributed by atoms with E-state index >= 15 is 0 Å². The molecule has 7 heteroatoms. The van der Waals surface area contributed by atoms with Gasteiger partial charge in [-0.3, -0.25) is 9.59 Å². The van der Waals surface area contributed by atoms with Crippen LogP contribution in [0.15, 0.2) is 12.2 Å². The SMILES string of the molecule is CC[NH+](CN1C(=O)[C@H]2CC=CC[C@H]2C1=O)[C@@H]1CCS(=O)(=O)C1. The third-order valence-electron chi connectivity index (χ3n) is 5.22. The molecular weight excluding hydrogens is 304 g/mol. The molecule has 0 saturated carbocycles. The van der Waals surface area contributed by atoms with Gasteiger partial charge < -0.3 is 4.90 Å². The Morgan fingerprint density at radius 2 is 1.77 bits per heavy atom. The Morgan fingerprint density at radius 3 is 2.23 bits per heavy atom. The second-order valence-electron chi connectivity index (χ2n) is 6.53. The van der Waals surface area contributed by atoms with Crippen LogP contribution in [0.2, 0.25) is 0 Å². The summed E-state index contributed by atoms with van der Waals surface area (Å²) in [7, 11) is -2.95. The van der Waals surface area contributed by atoms with Crippen molar-refractivity contribution in [2.24, 2.45) is 11.8 Å². The number of allylic oxidation sites excluding steroid dienone is 2. The fourth-order valence-electron chi connectivity index (χ4n) is 3.87. The predicted molar refractivity (Wildman–Crippen MR) is 80.6 cm³/mol. The van der Waals surface area contributed by atoms with Crippen molar-refractivity contribution in [1.29, 1.82) is 0 Å². The van der Waals surface area contributed by atoms with Gasteiger partial charge in [0.2, 0.25) is 11.8 Å². The van der Waals surface area contributed by atoms with Gasteiger partial charge in [0.05, 0.1) is 24.1 Å². The zero-order valence-electron chi connectivity index (χ0n) is 12.8. The second kappa shape index (κ2) is 5.77. The van der Waals surface area contributed by atoms with Crippen molar-refractivity contribution in [2.75, 3.05) is 24.7 Å². The van der Waals surface area contributed by atoms with E-state index in [9.17, 15) is 18.0 Å². The van der Waals surface area contributed by atoms with Crippen LogP contribution in [0.1, 0.15) is 26.2 Å². The third kappa shape index (κ3) is 2.72. The van der Waals surface area contributed by atoms with Gasteiger partial charge in [-0.15, -0.1) is 0 Å². The van der Waals surface area contributed by atoms with Crippen molar-refractivity contribution >= 4 is 21.7 Å². The van der Waals surface area contributed by atoms with Gasteiger partial charge in [0.15, 0.2) is 16.5 Å². The monoisotopic (exact) mass is 327 g/mol. The first-order valence-corrected chi connectivity index (χ1v) is 9.80. The Hall–Kier alpha value is -1.21. The molecule has 1 aliphatic carbocycles. The number of quaternary nitrogens is 1. The third-order valence-corrected chi connectivity index (χ3v) is 6.99. The quantitative estimate of drug-likeness (QED) is 0.530. The summed E-state index contributed by atoms with van der Waals surface area (Å²) >= 11 is 0. The number of carbonyl (C=O) groups excluding carboxylic acids is 2. The number of hydrogen-bond donors (Lipinski definition) is 1. The van der Waals surface area contributed by atoms with Crippen LogP contribution in [-0.4, -0.2) is 55.9 Å². The number of hydrogen-bond acceptors (Lipinski definition) is 4. The van der Waals surface area contributed by atoms with Crippen LogP contribution in [0.4, 0.5) is 0 Å². The highest BCUT2D eigenvalue weighted by Gasteiger charge is 2.49. The smallest absolute Gasteiger partial charge is 0.237 e. The van der Waals surface area contributed by atoms with Gasteiger partial charge >= 0.3 is 0 Å². The standard InChI is InChI=1S/C15H22N2O4S/c1-2-16(11-7-8-22(20,21)9-11)10-17-14(18)12-5-3-4-6-13(12)15(17)19/h3-4,11-13H,2,5-10H2,1H3/p+1/t11-,12-,13+/m1/s1. The average molecular weight is 327 g/mol. The summed E-state index contributed by atoms with van der Waals surface area (Å²) in [5, 5.41) is 0. The van der Waals surface area contributed by atoms with Gasteiger partial charge in [-0.05, 0) is 19.8 Å². The molecule has 2 aliphatic heterocycles. The first kappa shape index (κ1) is 15.7. The maximum atomic E-state index is 12.5. The Morgan fingerprint density at radius 1 is 1.18 bits per heavy atom. The van der Waals surface area contributed by atoms with Crippen molar-refractivity contribution < 1.29 is 22.9 Å². The molecule has 2 heterocycles. The fourth-order valence-corrected chi connectivity index (χ4v) is 5.70. The minimum atomic E-state index is -2.95. The summed E-state index contributed by atoms with van der Waals surface area (Å²) in [4.78, 5) is 27.4. The first-order valence-electron chi connectivity index (χ1n) is 7.98. The number of imide groups is 1. The Bertz CT molecular complexity index is 587. The molecule has 0 aromatic heterocycles. The van der Waals surface area contributed by atoms with E-state index in [2.05, 4.69) is 0 Å². The highest BCUT2D eigenvalue weighted by atomic mass is 32.2. The summed E-state index contributed by atoms with van der Waals surface area (Å²) in [6.07, 6.45) is 5.86. The molecule has 0 bridgehead atoms. The molecule has 4 atom stereocenters. The lowest BCUT2D eigenvalue weighted by molar-refractivity contribution is -0.927. The molecule has 0 aromatic rings. The summed E-state index contributed by atoms with van der Waals surface area (Å²) in [6.45, 7) is 2.99. The highest BCUT2D eigenvalue weighted by molar-refractivity contribution is 7.91. The molecule has 2 saturated heterocycles. The van der Waals surface area contributed by atoms with E-state index in [4.69, 9.17) is 0 Å². The van der Waals surface area contributed by atoms with Crippen LogP contribution in [0, 0.1) is 11.8 Å². The summed E-state index contributed by atoms with van der Waals surface area (Å²) in [5.41, 5.74) is 0. The minimum Gasteiger partial charge on any atom is -0.314 e. The van der Waals surface area contributed by atoms with Crippen LogP contribution in [0.3, 0.4) is 0 Å². The van der Waals surface area contributed by atoms with Crippen LogP contribution in [0.25, 0.3) is 0 Å². The number of nitrogens with one attached hydrogen (secondary N) is 1. The van der Waals surface area contributed by atoms with Gasteiger partial charge in [0.1, 0.15) is 11.8 Å². The molecular formula is C15H23N2O4S+. The van der Waals surface area contributed by atoms with Gasteiger partial charge in [0.25, 0.3) is 0 Å². The maximum Gasteiger partial charge on any atom is 0.237 e. The van der Waals surface area contributed by atoms with Gasteiger partial charge in [-0.2, -0.15) is 0 Å². The molecule has 2 fully saturated rings. The van der Waals surface area contributed by atoms with Gasteiger partial charge in [-0.25, -0.2) is 13.3 Å². The Kier molecular flexibility index (Phi) is 4.11. The lowest BCUT2D eigenvalue weighted by Gasteiger charge is -2.27. The molecule has 1 N–H and O–H groups in total. The molecule has 6 nitrogen and oxygen atoms in total. The highest BCUT2D eigenvalue weighted by Crippen LogP contribution is 2.34. The zero-order chi connectivity index (χ0) is 15.9. The van der Waals surface area contributed by atoms with Crippen molar-refractivity contribution in [3.8, 4) is 0 Å². The first-order chi connectivity index (χ1) is 10.4. The molecule has 2 amide bonds. The number of likely N-dealkylation sites (tertiary alicyclic amines) is 1. The van der Waals surface area contributed by atoms with Crippen molar-refractivity contribution in [3.05, 3.63) is 12.2 Å². The molecule has 1 unspecified atom stereocenters. The number of sulfone groups is 1. The average Bonchev–Trinajstić information content (AvgIpc) is 2.97. The Labute approximate surface area is 131 Å². The number of carbonyl (C=O) groups is 2. The van der Waals surface area contributed by atoms with E-state index in [1.807, 2.05) is 19.1 Å². The summed E-state index contributed by atoms with van der Waals surface area (Å²) in [6, 6.07) is -0.00338. The lowest BCUT2D eigenvalue weighted by Crippen LogP contribution is -3.17. The number of rotatable bonds is 4. The molecule has 0 spiro atoms. The van der Waals surface area contributed by atoms with Crippen LogP contribution in [0.5, 0.6) is 0 Å². The van der Waals surface area contributed by atoms with Crippen LogP contribution in [-0.2, 0) is 19.4 Å². The van der Waals surface area contributed by atoms with Crippen molar-refractivity contribution in [2.45, 2.75) is 32.2 Å². The molecule has 0 aromatic carbocycles. The lowest BCUT2D eigenvalue weighted by atomic mass is 9.85. The van der Waals surface area contributed by atoms with E-state index in [1.54, 1.807) is 0 Å². The maximum absolute atomic E-state index is 12.5. The summed E-state index contributed by atoms with van der Waals surface area (Å²) < 4.78 is 23.3. The fraction of sp³-hybridized carbons (Fsp3) is 0.733. The molecule has 122 valence electrons. The molecule has 3 rings (SSSR count). The van der Waals surface area contributed by atoms with Crippen molar-refractivity contribution in [3.63, 3.8) is 0 Å². The summed E-state index contributed by atoms with van der Waals surface area (Å²) in [5.74, 6) is -0.179. The normalized spacial score (nSPS) is 35.0. The van der Waals surface area contributed by atoms with Crippen LogP contribution >= 0.6 is 0 Å². The predicted octanol–water partition coefficient (Wildman–Crippen LogP) is -1.01. The molecule has 0 radical (unpaired) electrons. The van der Waals surface area contributed by atoms with E-state index in [0.717, 1.165) is 4.90 Å². The van der Waals surface area contributed by atoms with Crippen LogP contribution < -0.4 is 4.90 Å². The largest absolute Gasteiger partial charge is 0.314 e. The molecule has 22 heavy (non-hydrogen) atoms. The Balaban J connectivity index is 1.72. The van der Waals surface area contributed by atoms with E-state index in [-0.39, 0.29) is 41.2 Å². The zero-order valence-corrected chi connectivity index (χ0v) is 13.6.